The van der Waals surface area contributed by atoms with Gasteiger partial charge in [-0.1, -0.05) is 11.6 Å². The minimum Gasteiger partial charge on any atom is -0.476 e. The number of hydrogen-bond donors (Lipinski definition) is 0. The molecule has 1 atom stereocenters. The first-order chi connectivity index (χ1) is 10.3. The molecule has 2 aromatic rings. The predicted molar refractivity (Wildman–Crippen MR) is 81.7 cm³/mol. The van der Waals surface area contributed by atoms with Crippen LogP contribution in [0.15, 0.2) is 36.9 Å². The van der Waals surface area contributed by atoms with Crippen molar-refractivity contribution in [3.05, 3.63) is 41.9 Å². The number of anilines is 1. The first-order valence-electron chi connectivity index (χ1n) is 7.06. The van der Waals surface area contributed by atoms with E-state index in [0.717, 1.165) is 31.7 Å². The molecule has 6 heteroatoms. The molecule has 2 aromatic heterocycles. The van der Waals surface area contributed by atoms with Gasteiger partial charge < -0.3 is 9.64 Å². The van der Waals surface area contributed by atoms with E-state index in [4.69, 9.17) is 16.3 Å². The van der Waals surface area contributed by atoms with Gasteiger partial charge in [0.15, 0.2) is 0 Å². The summed E-state index contributed by atoms with van der Waals surface area (Å²) in [5, 5.41) is 0.665. The summed E-state index contributed by atoms with van der Waals surface area (Å²) >= 11 is 5.88. The van der Waals surface area contributed by atoms with E-state index in [9.17, 15) is 0 Å². The Morgan fingerprint density at radius 1 is 1.24 bits per heavy atom. The molecule has 21 heavy (non-hydrogen) atoms. The summed E-state index contributed by atoms with van der Waals surface area (Å²) in [4.78, 5) is 14.8. The van der Waals surface area contributed by atoms with Crippen LogP contribution in [0.5, 0.6) is 5.88 Å². The highest BCUT2D eigenvalue weighted by Crippen LogP contribution is 2.23. The summed E-state index contributed by atoms with van der Waals surface area (Å²) in [6.45, 7) is 2.62. The van der Waals surface area contributed by atoms with Crippen molar-refractivity contribution in [2.75, 3.05) is 24.6 Å². The first-order valence-corrected chi connectivity index (χ1v) is 7.44. The number of aromatic nitrogens is 3. The molecule has 1 aliphatic rings. The lowest BCUT2D eigenvalue weighted by atomic mass is 9.99. The van der Waals surface area contributed by atoms with Crippen LogP contribution in [0, 0.1) is 5.92 Å². The summed E-state index contributed by atoms with van der Waals surface area (Å²) in [7, 11) is 0. The zero-order chi connectivity index (χ0) is 14.5. The molecule has 0 spiro atoms. The van der Waals surface area contributed by atoms with E-state index >= 15 is 0 Å². The highest BCUT2D eigenvalue weighted by atomic mass is 35.5. The minimum atomic E-state index is 0.471. The van der Waals surface area contributed by atoms with Gasteiger partial charge in [0.1, 0.15) is 5.82 Å². The van der Waals surface area contributed by atoms with E-state index in [1.165, 1.54) is 0 Å². The van der Waals surface area contributed by atoms with Crippen molar-refractivity contribution in [2.45, 2.75) is 12.8 Å². The number of rotatable bonds is 4. The fourth-order valence-electron chi connectivity index (χ4n) is 2.53. The largest absolute Gasteiger partial charge is 0.476 e. The lowest BCUT2D eigenvalue weighted by molar-refractivity contribution is 0.221. The Bertz CT molecular complexity index is 564. The molecule has 0 aromatic carbocycles. The van der Waals surface area contributed by atoms with Crippen molar-refractivity contribution in [3.63, 3.8) is 0 Å². The van der Waals surface area contributed by atoms with Crippen LogP contribution in [0.2, 0.25) is 5.02 Å². The van der Waals surface area contributed by atoms with Gasteiger partial charge in [-0.15, -0.1) is 0 Å². The van der Waals surface area contributed by atoms with Gasteiger partial charge in [-0.05, 0) is 25.0 Å². The monoisotopic (exact) mass is 304 g/mol. The van der Waals surface area contributed by atoms with Gasteiger partial charge in [-0.3, -0.25) is 4.98 Å². The van der Waals surface area contributed by atoms with E-state index in [-0.39, 0.29) is 0 Å². The maximum atomic E-state index is 5.88. The number of nitrogens with zero attached hydrogens (tertiary/aromatic N) is 4. The van der Waals surface area contributed by atoms with Gasteiger partial charge in [0, 0.05) is 37.6 Å². The molecule has 0 aliphatic carbocycles. The van der Waals surface area contributed by atoms with Gasteiger partial charge in [-0.25, -0.2) is 9.97 Å². The SMILES string of the molecule is Clc1ccc(N2CCCC(COc3cnccn3)C2)nc1. The van der Waals surface area contributed by atoms with E-state index in [1.54, 1.807) is 24.8 Å². The third kappa shape index (κ3) is 3.82. The Morgan fingerprint density at radius 2 is 2.19 bits per heavy atom. The van der Waals surface area contributed by atoms with Gasteiger partial charge >= 0.3 is 0 Å². The second-order valence-corrected chi connectivity index (χ2v) is 5.58. The number of ether oxygens (including phenoxy) is 1. The van der Waals surface area contributed by atoms with Crippen molar-refractivity contribution in [3.8, 4) is 5.88 Å². The highest BCUT2D eigenvalue weighted by molar-refractivity contribution is 6.30. The molecule has 3 heterocycles. The Hall–Kier alpha value is -1.88. The zero-order valence-corrected chi connectivity index (χ0v) is 12.4. The number of halogens is 1. The molecule has 1 unspecified atom stereocenters. The fourth-order valence-corrected chi connectivity index (χ4v) is 2.64. The molecule has 0 bridgehead atoms. The van der Waals surface area contributed by atoms with E-state index in [1.807, 2.05) is 12.1 Å². The maximum Gasteiger partial charge on any atom is 0.232 e. The molecule has 0 amide bonds. The average Bonchev–Trinajstić information content (AvgIpc) is 2.55. The Morgan fingerprint density at radius 3 is 2.95 bits per heavy atom. The Kier molecular flexibility index (Phi) is 4.50. The number of pyridine rings is 1. The summed E-state index contributed by atoms with van der Waals surface area (Å²) in [6.07, 6.45) is 8.91. The van der Waals surface area contributed by atoms with Crippen LogP contribution >= 0.6 is 11.6 Å². The molecule has 1 aliphatic heterocycles. The second-order valence-electron chi connectivity index (χ2n) is 5.14. The topological polar surface area (TPSA) is 51.1 Å². The van der Waals surface area contributed by atoms with Crippen LogP contribution < -0.4 is 9.64 Å². The summed E-state index contributed by atoms with van der Waals surface area (Å²) < 4.78 is 5.71. The van der Waals surface area contributed by atoms with Crippen LogP contribution in [0.25, 0.3) is 0 Å². The zero-order valence-electron chi connectivity index (χ0n) is 11.7. The summed E-state index contributed by atoms with van der Waals surface area (Å²) in [5.74, 6) is 2.03. The van der Waals surface area contributed by atoms with Crippen molar-refractivity contribution in [1.29, 1.82) is 0 Å². The molecule has 3 rings (SSSR count). The highest BCUT2D eigenvalue weighted by Gasteiger charge is 2.21. The normalized spacial score (nSPS) is 18.5. The predicted octanol–water partition coefficient (Wildman–Crippen LogP) is 2.82. The van der Waals surface area contributed by atoms with Gasteiger partial charge in [0.25, 0.3) is 0 Å². The Balaban J connectivity index is 1.57. The fraction of sp³-hybridized carbons (Fsp3) is 0.400. The third-order valence-electron chi connectivity index (χ3n) is 3.56. The number of piperidine rings is 1. The van der Waals surface area contributed by atoms with Gasteiger partial charge in [0.05, 0.1) is 17.8 Å². The quantitative estimate of drug-likeness (QED) is 0.869. The van der Waals surface area contributed by atoms with Crippen molar-refractivity contribution in [2.24, 2.45) is 5.92 Å². The summed E-state index contributed by atoms with van der Waals surface area (Å²) in [5.41, 5.74) is 0. The molecule has 0 saturated carbocycles. The van der Waals surface area contributed by atoms with E-state index in [0.29, 0.717) is 23.4 Å². The smallest absolute Gasteiger partial charge is 0.232 e. The molecular weight excluding hydrogens is 288 g/mol. The summed E-state index contributed by atoms with van der Waals surface area (Å²) in [6, 6.07) is 3.85. The molecule has 5 nitrogen and oxygen atoms in total. The molecule has 1 saturated heterocycles. The molecule has 0 N–H and O–H groups in total. The van der Waals surface area contributed by atoms with Crippen LogP contribution in [-0.4, -0.2) is 34.6 Å². The van der Waals surface area contributed by atoms with Gasteiger partial charge in [0.2, 0.25) is 5.88 Å². The lowest BCUT2D eigenvalue weighted by Crippen LogP contribution is -2.38. The molecule has 1 fully saturated rings. The van der Waals surface area contributed by atoms with Crippen LogP contribution in [0.1, 0.15) is 12.8 Å². The van der Waals surface area contributed by atoms with Crippen LogP contribution in [-0.2, 0) is 0 Å². The van der Waals surface area contributed by atoms with Crippen molar-refractivity contribution in [1.82, 2.24) is 15.0 Å². The van der Waals surface area contributed by atoms with Gasteiger partial charge in [-0.2, -0.15) is 0 Å². The van der Waals surface area contributed by atoms with Crippen molar-refractivity contribution >= 4 is 17.4 Å². The van der Waals surface area contributed by atoms with Crippen LogP contribution in [0.3, 0.4) is 0 Å². The van der Waals surface area contributed by atoms with E-state index in [2.05, 4.69) is 19.9 Å². The second kappa shape index (κ2) is 6.72. The molecular formula is C15H17ClN4O. The standard InChI is InChI=1S/C15H17ClN4O/c16-13-3-4-14(19-8-13)20-7-1-2-12(10-20)11-21-15-9-17-5-6-18-15/h3-6,8-9,12H,1-2,7,10-11H2. The third-order valence-corrected chi connectivity index (χ3v) is 3.78. The molecule has 0 radical (unpaired) electrons. The minimum absolute atomic E-state index is 0.471. The molecule has 110 valence electrons. The lowest BCUT2D eigenvalue weighted by Gasteiger charge is -2.33. The Labute approximate surface area is 129 Å². The number of hydrogen-bond acceptors (Lipinski definition) is 5. The van der Waals surface area contributed by atoms with Crippen molar-refractivity contribution < 1.29 is 4.74 Å². The maximum absolute atomic E-state index is 5.88. The van der Waals surface area contributed by atoms with E-state index < -0.39 is 0 Å². The average molecular weight is 305 g/mol. The first kappa shape index (κ1) is 14.1. The van der Waals surface area contributed by atoms with Crippen LogP contribution in [0.4, 0.5) is 5.82 Å².